The average Bonchev–Trinajstić information content (AvgIpc) is 3.70. The van der Waals surface area contributed by atoms with Crippen LogP contribution in [-0.2, 0) is 22.8 Å². The summed E-state index contributed by atoms with van der Waals surface area (Å²) in [7, 11) is 3.37. The van der Waals surface area contributed by atoms with Gasteiger partial charge < -0.3 is 19.5 Å². The van der Waals surface area contributed by atoms with Crippen LogP contribution in [0.3, 0.4) is 0 Å². The van der Waals surface area contributed by atoms with E-state index in [1.54, 1.807) is 19.1 Å². The van der Waals surface area contributed by atoms with E-state index in [0.29, 0.717) is 35.8 Å². The summed E-state index contributed by atoms with van der Waals surface area (Å²) in [6, 6.07) is 8.50. The third-order valence-corrected chi connectivity index (χ3v) is 10.4. The number of likely N-dealkylation sites (N-methyl/N-ethyl adjacent to an activating group) is 1. The van der Waals surface area contributed by atoms with Crippen LogP contribution in [0.5, 0.6) is 11.5 Å². The van der Waals surface area contributed by atoms with Gasteiger partial charge in [0.1, 0.15) is 6.10 Å². The molecule has 0 radical (unpaired) electrons. The molecule has 9 heteroatoms. The van der Waals surface area contributed by atoms with Crippen LogP contribution < -0.4 is 9.47 Å². The van der Waals surface area contributed by atoms with E-state index >= 15 is 0 Å². The van der Waals surface area contributed by atoms with Crippen LogP contribution in [0.4, 0.5) is 13.2 Å². The molecule has 218 valence electrons. The number of carbonyl (C=O) groups excluding carboxylic acids is 1. The van der Waals surface area contributed by atoms with Gasteiger partial charge in [0.2, 0.25) is 5.91 Å². The molecule has 1 spiro atoms. The first-order valence-electron chi connectivity index (χ1n) is 14.5. The lowest BCUT2D eigenvalue weighted by Crippen LogP contribution is -2.78. The van der Waals surface area contributed by atoms with Crippen LogP contribution in [0.1, 0.15) is 54.4 Å². The van der Waals surface area contributed by atoms with Crippen molar-refractivity contribution in [3.8, 4) is 11.5 Å². The number of halogens is 3. The van der Waals surface area contributed by atoms with Crippen LogP contribution in [0.25, 0.3) is 6.08 Å². The van der Waals surface area contributed by atoms with Crippen molar-refractivity contribution in [2.75, 3.05) is 27.2 Å². The topological polar surface area (TPSA) is 62.2 Å². The highest BCUT2D eigenvalue weighted by Gasteiger charge is 2.73. The Bertz CT molecular complexity index is 1400. The molecule has 6 nitrogen and oxygen atoms in total. The van der Waals surface area contributed by atoms with Gasteiger partial charge >= 0.3 is 6.18 Å². The van der Waals surface area contributed by atoms with Crippen molar-refractivity contribution in [1.82, 2.24) is 9.80 Å². The molecule has 41 heavy (non-hydrogen) atoms. The maximum atomic E-state index is 13.4. The number of carbonyl (C=O) groups is 1. The zero-order valence-corrected chi connectivity index (χ0v) is 23.3. The SMILES string of the molecule is COc1ccc2c3c1OC1C(N(C)C(=O)/C=C/c4ccc(C(F)(F)F)cc4)CC[C@@]4(O)[C@@H](C2)N(CC2CC2)CC[C@]314. The van der Waals surface area contributed by atoms with Crippen LogP contribution >= 0.6 is 0 Å². The van der Waals surface area contributed by atoms with Gasteiger partial charge in [-0.25, -0.2) is 0 Å². The summed E-state index contributed by atoms with van der Waals surface area (Å²) in [5.41, 5.74) is 0.394. The van der Waals surface area contributed by atoms with Crippen molar-refractivity contribution in [2.24, 2.45) is 5.92 Å². The predicted molar refractivity (Wildman–Crippen MR) is 147 cm³/mol. The van der Waals surface area contributed by atoms with E-state index in [1.165, 1.54) is 42.7 Å². The molecule has 2 aromatic rings. The monoisotopic (exact) mass is 568 g/mol. The first-order valence-corrected chi connectivity index (χ1v) is 14.5. The van der Waals surface area contributed by atoms with Crippen molar-refractivity contribution < 1.29 is 32.5 Å². The fourth-order valence-corrected chi connectivity index (χ4v) is 8.23. The number of piperidine rings is 1. The molecule has 2 heterocycles. The van der Waals surface area contributed by atoms with Crippen molar-refractivity contribution in [2.45, 2.75) is 73.9 Å². The number of alkyl halides is 3. The number of rotatable bonds is 6. The van der Waals surface area contributed by atoms with Crippen LogP contribution in [0, 0.1) is 5.92 Å². The third-order valence-electron chi connectivity index (χ3n) is 10.4. The van der Waals surface area contributed by atoms with Gasteiger partial charge in [0.05, 0.1) is 29.7 Å². The Balaban J connectivity index is 1.20. The normalized spacial score (nSPS) is 32.0. The molecule has 5 atom stereocenters. The lowest BCUT2D eigenvalue weighted by molar-refractivity contribution is -0.200. The van der Waals surface area contributed by atoms with Gasteiger partial charge in [-0.2, -0.15) is 13.2 Å². The summed E-state index contributed by atoms with van der Waals surface area (Å²) in [5.74, 6) is 1.79. The van der Waals surface area contributed by atoms with Crippen molar-refractivity contribution in [3.63, 3.8) is 0 Å². The lowest BCUT2D eigenvalue weighted by atomic mass is 9.48. The van der Waals surface area contributed by atoms with E-state index in [2.05, 4.69) is 11.0 Å². The molecule has 1 N–H and O–H groups in total. The van der Waals surface area contributed by atoms with Crippen molar-refractivity contribution in [3.05, 3.63) is 64.7 Å². The Morgan fingerprint density at radius 1 is 1.17 bits per heavy atom. The molecule has 1 amide bonds. The molecule has 2 bridgehead atoms. The number of hydrogen-bond acceptors (Lipinski definition) is 5. The summed E-state index contributed by atoms with van der Waals surface area (Å²) in [6.45, 7) is 1.89. The number of aliphatic hydroxyl groups is 1. The number of nitrogens with zero attached hydrogens (tertiary/aromatic N) is 2. The van der Waals surface area contributed by atoms with Gasteiger partial charge in [-0.15, -0.1) is 0 Å². The zero-order valence-electron chi connectivity index (χ0n) is 23.3. The quantitative estimate of drug-likeness (QED) is 0.507. The minimum absolute atomic E-state index is 0.00341. The molecular weight excluding hydrogens is 533 g/mol. The largest absolute Gasteiger partial charge is 0.493 e. The van der Waals surface area contributed by atoms with Gasteiger partial charge in [0, 0.05) is 31.3 Å². The highest BCUT2D eigenvalue weighted by atomic mass is 19.4. The number of likely N-dealkylation sites (tertiary alicyclic amines) is 1. The Kier molecular flexibility index (Phi) is 6.04. The molecule has 2 aromatic carbocycles. The van der Waals surface area contributed by atoms with E-state index < -0.39 is 28.9 Å². The van der Waals surface area contributed by atoms with Gasteiger partial charge in [-0.1, -0.05) is 18.2 Å². The highest BCUT2D eigenvalue weighted by Crippen LogP contribution is 2.66. The van der Waals surface area contributed by atoms with E-state index in [1.807, 2.05) is 6.07 Å². The van der Waals surface area contributed by atoms with Crippen LogP contribution in [-0.4, -0.2) is 71.8 Å². The van der Waals surface area contributed by atoms with Crippen molar-refractivity contribution >= 4 is 12.0 Å². The second-order valence-electron chi connectivity index (χ2n) is 12.5. The summed E-state index contributed by atoms with van der Waals surface area (Å²) in [5, 5.41) is 12.7. The highest BCUT2D eigenvalue weighted by molar-refractivity contribution is 5.92. The second-order valence-corrected chi connectivity index (χ2v) is 12.5. The predicted octanol–water partition coefficient (Wildman–Crippen LogP) is 4.82. The zero-order chi connectivity index (χ0) is 28.7. The maximum absolute atomic E-state index is 13.4. The molecule has 2 unspecified atom stereocenters. The number of ether oxygens (including phenoxy) is 2. The van der Waals surface area contributed by atoms with E-state index in [4.69, 9.17) is 9.47 Å². The Labute approximate surface area is 237 Å². The Morgan fingerprint density at radius 3 is 2.61 bits per heavy atom. The average molecular weight is 569 g/mol. The van der Waals surface area contributed by atoms with Gasteiger partial charge in [0.25, 0.3) is 0 Å². The third kappa shape index (κ3) is 3.95. The van der Waals surface area contributed by atoms with Gasteiger partial charge in [0.15, 0.2) is 11.5 Å². The minimum Gasteiger partial charge on any atom is -0.493 e. The first-order chi connectivity index (χ1) is 19.6. The Morgan fingerprint density at radius 2 is 1.93 bits per heavy atom. The first kappa shape index (κ1) is 26.8. The summed E-state index contributed by atoms with van der Waals surface area (Å²) < 4.78 is 51.3. The molecule has 3 fully saturated rings. The number of methoxy groups -OCH3 is 1. The number of hydrogen-bond donors (Lipinski definition) is 1. The molecule has 7 rings (SSSR count). The van der Waals surface area contributed by atoms with E-state index in [0.717, 1.165) is 43.6 Å². The molecule has 2 aliphatic heterocycles. The number of benzene rings is 2. The summed E-state index contributed by atoms with van der Waals surface area (Å²) in [4.78, 5) is 17.6. The molecule has 3 aliphatic carbocycles. The minimum atomic E-state index is -4.41. The fourth-order valence-electron chi connectivity index (χ4n) is 8.23. The maximum Gasteiger partial charge on any atom is 0.416 e. The fraction of sp³-hybridized carbons (Fsp3) is 0.531. The van der Waals surface area contributed by atoms with Gasteiger partial charge in [-0.3, -0.25) is 9.69 Å². The molecular formula is C32H35F3N2O4. The smallest absolute Gasteiger partial charge is 0.416 e. The van der Waals surface area contributed by atoms with Crippen LogP contribution in [0.2, 0.25) is 0 Å². The molecule has 2 saturated carbocycles. The molecule has 0 aromatic heterocycles. The molecule has 5 aliphatic rings. The lowest BCUT2D eigenvalue weighted by Gasteiger charge is -2.64. The van der Waals surface area contributed by atoms with E-state index in [-0.39, 0.29) is 18.0 Å². The molecule has 1 saturated heterocycles. The summed E-state index contributed by atoms with van der Waals surface area (Å²) in [6.07, 6.45) is 3.24. The second kappa shape index (κ2) is 9.23. The number of amides is 1. The Hall–Kier alpha value is -3.04. The van der Waals surface area contributed by atoms with Crippen molar-refractivity contribution in [1.29, 1.82) is 0 Å². The van der Waals surface area contributed by atoms with E-state index in [9.17, 15) is 23.1 Å². The van der Waals surface area contributed by atoms with Crippen LogP contribution in [0.15, 0.2) is 42.5 Å². The van der Waals surface area contributed by atoms with Gasteiger partial charge in [-0.05, 0) is 86.4 Å². The standard InChI is InChI=1S/C32H35F3N2O4/c1-36(26(38)12-7-19-5-9-22(10-6-19)32(33,34)35)23-13-14-31(39)25-17-21-8-11-24(40-2)28-27(21)30(31,29(23)41-28)15-16-37(25)18-20-3-4-20/h5-12,20,23,25,29,39H,3-4,13-18H2,1-2H3/b12-7+/t23?,25-,29?,30+,31-/m1/s1. The summed E-state index contributed by atoms with van der Waals surface area (Å²) >= 11 is 0.